The molecular formula is C27H41NO7. The summed E-state index contributed by atoms with van der Waals surface area (Å²) in [6, 6.07) is -0.0842. The Labute approximate surface area is 208 Å². The number of hydrogen-bond donors (Lipinski definition) is 2. The number of nitrogens with one attached hydrogen (secondary N) is 1. The highest BCUT2D eigenvalue weighted by atomic mass is 16.6. The minimum atomic E-state index is -0.639. The average molecular weight is 492 g/mol. The van der Waals surface area contributed by atoms with Gasteiger partial charge in [-0.2, -0.15) is 0 Å². The molecule has 6 unspecified atom stereocenters. The first-order valence-electron chi connectivity index (χ1n) is 12.7. The highest BCUT2D eigenvalue weighted by molar-refractivity contribution is 5.87. The number of aliphatic hydroxyl groups excluding tert-OH is 1. The zero-order chi connectivity index (χ0) is 25.6. The van der Waals surface area contributed by atoms with Gasteiger partial charge < -0.3 is 29.4 Å². The van der Waals surface area contributed by atoms with Gasteiger partial charge in [-0.25, -0.2) is 0 Å². The van der Waals surface area contributed by atoms with Crippen LogP contribution in [0.5, 0.6) is 0 Å². The van der Waals surface area contributed by atoms with Crippen LogP contribution in [-0.2, 0) is 28.5 Å². The van der Waals surface area contributed by atoms with E-state index in [0.717, 1.165) is 31.3 Å². The van der Waals surface area contributed by atoms with Crippen molar-refractivity contribution in [3.63, 3.8) is 0 Å². The van der Waals surface area contributed by atoms with Crippen molar-refractivity contribution in [1.82, 2.24) is 5.32 Å². The van der Waals surface area contributed by atoms with Gasteiger partial charge in [0.25, 0.3) is 6.47 Å². The molecule has 8 heteroatoms. The molecular weight excluding hydrogens is 450 g/mol. The minimum absolute atomic E-state index is 0.0576. The van der Waals surface area contributed by atoms with Crippen LogP contribution < -0.4 is 5.32 Å². The maximum absolute atomic E-state index is 12.2. The molecule has 3 rings (SSSR count). The molecule has 9 atom stereocenters. The van der Waals surface area contributed by atoms with Crippen LogP contribution in [0.2, 0.25) is 0 Å². The summed E-state index contributed by atoms with van der Waals surface area (Å²) in [4.78, 5) is 22.6. The van der Waals surface area contributed by atoms with Crippen molar-refractivity contribution in [3.8, 4) is 0 Å². The summed E-state index contributed by atoms with van der Waals surface area (Å²) in [5, 5.41) is 13.7. The van der Waals surface area contributed by atoms with Gasteiger partial charge in [-0.3, -0.25) is 9.59 Å². The molecule has 0 aromatic rings. The number of rotatable bonds is 10. The number of hydrogen-bond acceptors (Lipinski definition) is 7. The Kier molecular flexibility index (Phi) is 9.69. The van der Waals surface area contributed by atoms with Crippen molar-refractivity contribution in [2.75, 3.05) is 6.61 Å². The van der Waals surface area contributed by atoms with Crippen LogP contribution in [0.3, 0.4) is 0 Å². The van der Waals surface area contributed by atoms with E-state index in [4.69, 9.17) is 18.9 Å². The van der Waals surface area contributed by atoms with E-state index in [9.17, 15) is 14.7 Å². The number of allylic oxidation sites excluding steroid dienone is 2. The van der Waals surface area contributed by atoms with E-state index in [1.54, 1.807) is 13.0 Å². The Bertz CT molecular complexity index is 818. The standard InChI is InChI=1S/C27H41NO7/c1-6-21-14-27(15-33-27)26(31)24(35-21)11-8-17(2)7-10-23-18(3)13-22(20(5)34-23)28-25(30)12-9-19(4)32-16-29/h7-9,11-12,16,18-24,26,31H,6,10,13-15H2,1-5H3,(H,28,30)/b11-8+,12-9-,17-7+/t18?,19?,20?,21-,22?,23?,24-,26-,27?/m1/s1. The molecule has 196 valence electrons. The monoisotopic (exact) mass is 491 g/mol. The fourth-order valence-corrected chi connectivity index (χ4v) is 4.84. The second kappa shape index (κ2) is 12.3. The summed E-state index contributed by atoms with van der Waals surface area (Å²) >= 11 is 0. The number of ether oxygens (including phenoxy) is 4. The molecule has 0 radical (unpaired) electrons. The minimum Gasteiger partial charge on any atom is -0.461 e. The number of carbonyl (C=O) groups is 2. The number of carbonyl (C=O) groups excluding carboxylic acids is 2. The summed E-state index contributed by atoms with van der Waals surface area (Å²) in [5.74, 6) is 0.0423. The van der Waals surface area contributed by atoms with Gasteiger partial charge in [0.05, 0.1) is 31.0 Å². The van der Waals surface area contributed by atoms with Crippen LogP contribution >= 0.6 is 0 Å². The Hall–Kier alpha value is -2.00. The first kappa shape index (κ1) is 27.6. The molecule has 3 saturated heterocycles. The highest BCUT2D eigenvalue weighted by Gasteiger charge is 2.57. The van der Waals surface area contributed by atoms with Crippen LogP contribution in [0.25, 0.3) is 0 Å². The zero-order valence-electron chi connectivity index (χ0n) is 21.5. The molecule has 3 aliphatic rings. The van der Waals surface area contributed by atoms with Crippen LogP contribution in [0.15, 0.2) is 36.0 Å². The van der Waals surface area contributed by atoms with E-state index >= 15 is 0 Å². The molecule has 0 saturated carbocycles. The zero-order valence-corrected chi connectivity index (χ0v) is 21.5. The predicted octanol–water partition coefficient (Wildman–Crippen LogP) is 2.99. The van der Waals surface area contributed by atoms with E-state index in [0.29, 0.717) is 13.1 Å². The summed E-state index contributed by atoms with van der Waals surface area (Å²) in [6.45, 7) is 10.9. The van der Waals surface area contributed by atoms with Crippen LogP contribution in [0.4, 0.5) is 0 Å². The van der Waals surface area contributed by atoms with E-state index in [1.807, 2.05) is 26.0 Å². The van der Waals surface area contributed by atoms with Gasteiger partial charge in [0.1, 0.15) is 23.9 Å². The fourth-order valence-electron chi connectivity index (χ4n) is 4.84. The van der Waals surface area contributed by atoms with Crippen molar-refractivity contribution < 1.29 is 33.6 Å². The highest BCUT2D eigenvalue weighted by Crippen LogP contribution is 2.43. The van der Waals surface area contributed by atoms with Crippen molar-refractivity contribution in [1.29, 1.82) is 0 Å². The van der Waals surface area contributed by atoms with Crippen molar-refractivity contribution in [2.45, 2.75) is 109 Å². The van der Waals surface area contributed by atoms with E-state index < -0.39 is 17.8 Å². The number of amides is 1. The van der Waals surface area contributed by atoms with Gasteiger partial charge in [0, 0.05) is 12.5 Å². The lowest BCUT2D eigenvalue weighted by Gasteiger charge is -2.39. The molecule has 0 aromatic heterocycles. The maximum Gasteiger partial charge on any atom is 0.293 e. The Balaban J connectivity index is 1.48. The molecule has 1 amide bonds. The molecule has 0 aromatic carbocycles. The van der Waals surface area contributed by atoms with Crippen LogP contribution in [0, 0.1) is 5.92 Å². The first-order chi connectivity index (χ1) is 16.7. The molecule has 2 N–H and O–H groups in total. The van der Waals surface area contributed by atoms with Crippen LogP contribution in [-0.4, -0.2) is 72.4 Å². The lowest BCUT2D eigenvalue weighted by atomic mass is 9.87. The third kappa shape index (κ3) is 7.49. The second-order valence-corrected chi connectivity index (χ2v) is 10.2. The quantitative estimate of drug-likeness (QED) is 0.209. The smallest absolute Gasteiger partial charge is 0.293 e. The van der Waals surface area contributed by atoms with Gasteiger partial charge in [0.15, 0.2) is 0 Å². The van der Waals surface area contributed by atoms with Gasteiger partial charge in [-0.1, -0.05) is 37.6 Å². The predicted molar refractivity (Wildman–Crippen MR) is 132 cm³/mol. The molecule has 8 nitrogen and oxygen atoms in total. The normalized spacial score (nSPS) is 38.6. The van der Waals surface area contributed by atoms with E-state index in [2.05, 4.69) is 25.2 Å². The first-order valence-corrected chi connectivity index (χ1v) is 12.7. The third-order valence-corrected chi connectivity index (χ3v) is 7.30. The topological polar surface area (TPSA) is 107 Å². The van der Waals surface area contributed by atoms with Gasteiger partial charge in [0.2, 0.25) is 5.91 Å². The van der Waals surface area contributed by atoms with Crippen molar-refractivity contribution >= 4 is 12.4 Å². The number of aliphatic hydroxyl groups is 1. The largest absolute Gasteiger partial charge is 0.461 e. The molecule has 3 fully saturated rings. The summed E-state index contributed by atoms with van der Waals surface area (Å²) < 4.78 is 22.6. The number of epoxide rings is 1. The molecule has 3 aliphatic heterocycles. The molecule has 1 spiro atoms. The summed E-state index contributed by atoms with van der Waals surface area (Å²) in [6.07, 6.45) is 10.9. The SMILES string of the molecule is CC[C@@H]1CC2(CO2)[C@H](O)[C@@H](/C=C/C(C)=C/CC2OC(C)C(NC(=O)/C=C\C(C)OC=O)CC2C)O1. The Morgan fingerprint density at radius 2 is 2.03 bits per heavy atom. The van der Waals surface area contributed by atoms with Crippen LogP contribution in [0.1, 0.15) is 60.3 Å². The van der Waals surface area contributed by atoms with Crippen molar-refractivity contribution in [3.05, 3.63) is 36.0 Å². The summed E-state index contributed by atoms with van der Waals surface area (Å²) in [7, 11) is 0. The van der Waals surface area contributed by atoms with Gasteiger partial charge in [-0.05, 0) is 52.0 Å². The second-order valence-electron chi connectivity index (χ2n) is 10.2. The van der Waals surface area contributed by atoms with E-state index in [1.165, 1.54) is 6.08 Å². The Morgan fingerprint density at radius 1 is 1.29 bits per heavy atom. The van der Waals surface area contributed by atoms with Gasteiger partial charge >= 0.3 is 0 Å². The average Bonchev–Trinajstić information content (AvgIpc) is 3.60. The molecule has 0 bridgehead atoms. The Morgan fingerprint density at radius 3 is 2.69 bits per heavy atom. The van der Waals surface area contributed by atoms with E-state index in [-0.39, 0.29) is 42.3 Å². The lowest BCUT2D eigenvalue weighted by molar-refractivity contribution is -0.133. The van der Waals surface area contributed by atoms with Gasteiger partial charge in [-0.15, -0.1) is 0 Å². The summed E-state index contributed by atoms with van der Waals surface area (Å²) in [5.41, 5.74) is 0.664. The third-order valence-electron chi connectivity index (χ3n) is 7.30. The van der Waals surface area contributed by atoms with Crippen molar-refractivity contribution in [2.24, 2.45) is 5.92 Å². The molecule has 35 heavy (non-hydrogen) atoms. The fraction of sp³-hybridized carbons (Fsp3) is 0.704. The molecule has 3 heterocycles. The maximum atomic E-state index is 12.2. The lowest BCUT2D eigenvalue weighted by Crippen LogP contribution is -2.50. The molecule has 0 aliphatic carbocycles.